The summed E-state index contributed by atoms with van der Waals surface area (Å²) in [5.41, 5.74) is 5.99. The first-order valence-corrected chi connectivity index (χ1v) is 5.87. The lowest BCUT2D eigenvalue weighted by Gasteiger charge is -2.43. The molecule has 0 unspecified atom stereocenters. The average Bonchev–Trinajstić information content (AvgIpc) is 2.94. The van der Waals surface area contributed by atoms with Gasteiger partial charge in [-0.25, -0.2) is 4.79 Å². The van der Waals surface area contributed by atoms with Crippen molar-refractivity contribution in [2.24, 2.45) is 11.1 Å². The highest BCUT2D eigenvalue weighted by atomic mass is 16.2. The lowest BCUT2D eigenvalue weighted by Crippen LogP contribution is -2.50. The van der Waals surface area contributed by atoms with Crippen LogP contribution in [0.3, 0.4) is 0 Å². The van der Waals surface area contributed by atoms with Crippen molar-refractivity contribution in [2.45, 2.75) is 38.1 Å². The minimum absolute atomic E-state index is 0.0669. The van der Waals surface area contributed by atoms with Crippen LogP contribution < -0.4 is 11.1 Å². The quantitative estimate of drug-likeness (QED) is 0.726. The van der Waals surface area contributed by atoms with Crippen molar-refractivity contribution >= 4 is 6.03 Å². The first-order chi connectivity index (χ1) is 7.15. The Labute approximate surface area is 91.2 Å². The summed E-state index contributed by atoms with van der Waals surface area (Å²) in [7, 11) is 1.87. The smallest absolute Gasteiger partial charge is 0.317 e. The van der Waals surface area contributed by atoms with E-state index in [1.165, 1.54) is 19.3 Å². The molecule has 2 aliphatic carbocycles. The van der Waals surface area contributed by atoms with Crippen molar-refractivity contribution in [2.75, 3.05) is 20.1 Å². The summed E-state index contributed by atoms with van der Waals surface area (Å²) in [5.74, 6) is 0. The zero-order valence-electron chi connectivity index (χ0n) is 9.46. The Kier molecular flexibility index (Phi) is 2.87. The maximum atomic E-state index is 11.7. The summed E-state index contributed by atoms with van der Waals surface area (Å²) in [4.78, 5) is 13.5. The molecule has 0 aromatic rings. The minimum atomic E-state index is 0.0669. The Morgan fingerprint density at radius 3 is 2.60 bits per heavy atom. The van der Waals surface area contributed by atoms with Crippen molar-refractivity contribution in [3.05, 3.63) is 0 Å². The van der Waals surface area contributed by atoms with Crippen molar-refractivity contribution in [3.8, 4) is 0 Å². The molecule has 0 saturated heterocycles. The van der Waals surface area contributed by atoms with Gasteiger partial charge in [0.25, 0.3) is 0 Å². The Morgan fingerprint density at radius 1 is 1.53 bits per heavy atom. The molecule has 3 N–H and O–H groups in total. The largest absolute Gasteiger partial charge is 0.335 e. The molecule has 2 rings (SSSR count). The lowest BCUT2D eigenvalue weighted by molar-refractivity contribution is 0.0975. The molecular formula is C11H21N3O. The van der Waals surface area contributed by atoms with Gasteiger partial charge in [0.2, 0.25) is 0 Å². The van der Waals surface area contributed by atoms with E-state index in [1.54, 1.807) is 4.90 Å². The first kappa shape index (κ1) is 10.7. The van der Waals surface area contributed by atoms with E-state index in [4.69, 9.17) is 5.73 Å². The highest BCUT2D eigenvalue weighted by Gasteiger charge is 2.37. The molecule has 0 atom stereocenters. The standard InChI is InChI=1S/C11H21N3O/c1-14(10(15)13-9-3-4-9)8-11(7-12)5-2-6-11/h9H,2-8,12H2,1H3,(H,13,15). The maximum absolute atomic E-state index is 11.7. The van der Waals surface area contributed by atoms with Crippen LogP contribution in [0, 0.1) is 5.41 Å². The SMILES string of the molecule is CN(CC1(CN)CCC1)C(=O)NC1CC1. The lowest BCUT2D eigenvalue weighted by atomic mass is 9.68. The number of amides is 2. The van der Waals surface area contributed by atoms with Crippen LogP contribution in [-0.4, -0.2) is 37.1 Å². The average molecular weight is 211 g/mol. The van der Waals surface area contributed by atoms with Gasteiger partial charge in [-0.15, -0.1) is 0 Å². The van der Waals surface area contributed by atoms with Crippen LogP contribution in [0.25, 0.3) is 0 Å². The van der Waals surface area contributed by atoms with Crippen LogP contribution in [0.4, 0.5) is 4.79 Å². The summed E-state index contributed by atoms with van der Waals surface area (Å²) in [6.45, 7) is 1.51. The molecule has 2 amide bonds. The fourth-order valence-electron chi connectivity index (χ4n) is 2.19. The van der Waals surface area contributed by atoms with Crippen molar-refractivity contribution in [1.29, 1.82) is 0 Å². The molecular weight excluding hydrogens is 190 g/mol. The Bertz CT molecular complexity index is 241. The second-order valence-electron chi connectivity index (χ2n) is 5.14. The molecule has 0 radical (unpaired) electrons. The second-order valence-corrected chi connectivity index (χ2v) is 5.14. The molecule has 0 aromatic heterocycles. The van der Waals surface area contributed by atoms with Gasteiger partial charge in [0.05, 0.1) is 0 Å². The van der Waals surface area contributed by atoms with E-state index in [9.17, 15) is 4.79 Å². The zero-order valence-corrected chi connectivity index (χ0v) is 9.46. The van der Waals surface area contributed by atoms with Gasteiger partial charge in [0, 0.05) is 25.0 Å². The molecule has 2 fully saturated rings. The topological polar surface area (TPSA) is 58.4 Å². The van der Waals surface area contributed by atoms with Gasteiger partial charge in [-0.1, -0.05) is 6.42 Å². The van der Waals surface area contributed by atoms with Crippen LogP contribution in [0.15, 0.2) is 0 Å². The summed E-state index contributed by atoms with van der Waals surface area (Å²) in [6, 6.07) is 0.507. The molecule has 0 heterocycles. The van der Waals surface area contributed by atoms with E-state index >= 15 is 0 Å². The predicted octanol–water partition coefficient (Wildman–Crippen LogP) is 0.919. The molecule has 4 nitrogen and oxygen atoms in total. The van der Waals surface area contributed by atoms with Crippen LogP contribution >= 0.6 is 0 Å². The van der Waals surface area contributed by atoms with Crippen LogP contribution in [-0.2, 0) is 0 Å². The Hall–Kier alpha value is -0.770. The summed E-state index contributed by atoms with van der Waals surface area (Å²) < 4.78 is 0. The van der Waals surface area contributed by atoms with Crippen LogP contribution in [0.2, 0.25) is 0 Å². The summed E-state index contributed by atoms with van der Waals surface area (Å²) in [5, 5.41) is 2.99. The number of nitrogens with two attached hydrogens (primary N) is 1. The summed E-state index contributed by atoms with van der Waals surface area (Å²) >= 11 is 0. The van der Waals surface area contributed by atoms with E-state index < -0.39 is 0 Å². The van der Waals surface area contributed by atoms with E-state index in [0.717, 1.165) is 19.4 Å². The third kappa shape index (κ3) is 2.43. The van der Waals surface area contributed by atoms with Gasteiger partial charge in [0.15, 0.2) is 0 Å². The highest BCUT2D eigenvalue weighted by Crippen LogP contribution is 2.40. The highest BCUT2D eigenvalue weighted by molar-refractivity contribution is 5.74. The molecule has 0 aliphatic heterocycles. The number of urea groups is 1. The third-order valence-electron chi connectivity index (χ3n) is 3.67. The fourth-order valence-corrected chi connectivity index (χ4v) is 2.19. The van der Waals surface area contributed by atoms with Crippen molar-refractivity contribution < 1.29 is 4.79 Å². The number of carbonyl (C=O) groups excluding carboxylic acids is 1. The van der Waals surface area contributed by atoms with Crippen molar-refractivity contribution in [3.63, 3.8) is 0 Å². The van der Waals surface area contributed by atoms with Gasteiger partial charge < -0.3 is 16.0 Å². The van der Waals surface area contributed by atoms with Gasteiger partial charge in [0.1, 0.15) is 0 Å². The molecule has 86 valence electrons. The molecule has 2 aliphatic rings. The normalized spacial score (nSPS) is 23.1. The van der Waals surface area contributed by atoms with E-state index in [-0.39, 0.29) is 11.4 Å². The maximum Gasteiger partial charge on any atom is 0.317 e. The summed E-state index contributed by atoms with van der Waals surface area (Å²) in [6.07, 6.45) is 5.88. The number of rotatable bonds is 4. The number of nitrogens with one attached hydrogen (secondary N) is 1. The van der Waals surface area contributed by atoms with Gasteiger partial charge in [-0.3, -0.25) is 0 Å². The second kappa shape index (κ2) is 4.00. The molecule has 0 aromatic carbocycles. The van der Waals surface area contributed by atoms with Gasteiger partial charge >= 0.3 is 6.03 Å². The first-order valence-electron chi connectivity index (χ1n) is 5.87. The Balaban J connectivity index is 1.79. The predicted molar refractivity (Wildman–Crippen MR) is 59.5 cm³/mol. The minimum Gasteiger partial charge on any atom is -0.335 e. The van der Waals surface area contributed by atoms with E-state index in [0.29, 0.717) is 12.6 Å². The van der Waals surface area contributed by atoms with E-state index in [1.807, 2.05) is 7.05 Å². The fraction of sp³-hybridized carbons (Fsp3) is 0.909. The molecule has 15 heavy (non-hydrogen) atoms. The molecule has 2 saturated carbocycles. The number of carbonyl (C=O) groups is 1. The monoisotopic (exact) mass is 211 g/mol. The van der Waals surface area contributed by atoms with Gasteiger partial charge in [-0.05, 0) is 32.2 Å². The van der Waals surface area contributed by atoms with Crippen molar-refractivity contribution in [1.82, 2.24) is 10.2 Å². The van der Waals surface area contributed by atoms with Gasteiger partial charge in [-0.2, -0.15) is 0 Å². The molecule has 4 heteroatoms. The van der Waals surface area contributed by atoms with Crippen LogP contribution in [0.5, 0.6) is 0 Å². The number of hydrogen-bond acceptors (Lipinski definition) is 2. The zero-order chi connectivity index (χ0) is 10.9. The Morgan fingerprint density at radius 2 is 2.20 bits per heavy atom. The molecule has 0 bridgehead atoms. The van der Waals surface area contributed by atoms with E-state index in [2.05, 4.69) is 5.32 Å². The number of nitrogens with zero attached hydrogens (tertiary/aromatic N) is 1. The number of hydrogen-bond donors (Lipinski definition) is 2. The molecule has 0 spiro atoms. The van der Waals surface area contributed by atoms with Crippen LogP contribution in [0.1, 0.15) is 32.1 Å². The third-order valence-corrected chi connectivity index (χ3v) is 3.67.